The number of aryl methyl sites for hydroxylation is 1. The lowest BCUT2D eigenvalue weighted by molar-refractivity contribution is 0.0433. The average molecular weight is 277 g/mol. The smallest absolute Gasteiger partial charge is 0.0775 e. The fraction of sp³-hybridized carbons (Fsp3) is 0.812. The summed E-state index contributed by atoms with van der Waals surface area (Å²) in [5, 5.41) is 8.31. The van der Waals surface area contributed by atoms with Crippen molar-refractivity contribution in [3.05, 3.63) is 17.0 Å². The molecule has 1 N–H and O–H groups in total. The predicted molar refractivity (Wildman–Crippen MR) is 80.0 cm³/mol. The maximum Gasteiger partial charge on any atom is 0.0775 e. The standard InChI is InChI=1S/C16H27N3O/c1-11-4-7-15(20-11)10-19-13(3)16(12(2)18-19)8-9-17-14-5-6-14/h11,14-15,17H,4-10H2,1-3H3. The van der Waals surface area contributed by atoms with Crippen LogP contribution in [0.25, 0.3) is 0 Å². The zero-order valence-corrected chi connectivity index (χ0v) is 13.0. The lowest BCUT2D eigenvalue weighted by atomic mass is 10.1. The van der Waals surface area contributed by atoms with Crippen LogP contribution in [0.3, 0.4) is 0 Å². The topological polar surface area (TPSA) is 39.1 Å². The molecule has 2 fully saturated rings. The van der Waals surface area contributed by atoms with Gasteiger partial charge in [0.2, 0.25) is 0 Å². The van der Waals surface area contributed by atoms with E-state index in [1.807, 2.05) is 0 Å². The van der Waals surface area contributed by atoms with E-state index in [4.69, 9.17) is 9.84 Å². The highest BCUT2D eigenvalue weighted by Crippen LogP contribution is 2.23. The molecule has 1 saturated carbocycles. The van der Waals surface area contributed by atoms with Gasteiger partial charge in [-0.1, -0.05) is 0 Å². The van der Waals surface area contributed by atoms with Gasteiger partial charge in [0.25, 0.3) is 0 Å². The maximum atomic E-state index is 5.92. The Balaban J connectivity index is 1.59. The van der Waals surface area contributed by atoms with Crippen LogP contribution in [-0.2, 0) is 17.7 Å². The van der Waals surface area contributed by atoms with Gasteiger partial charge < -0.3 is 10.1 Å². The molecule has 1 aromatic heterocycles. The highest BCUT2D eigenvalue weighted by molar-refractivity contribution is 5.25. The molecule has 20 heavy (non-hydrogen) atoms. The quantitative estimate of drug-likeness (QED) is 0.867. The third kappa shape index (κ3) is 3.23. The fourth-order valence-electron chi connectivity index (χ4n) is 3.17. The van der Waals surface area contributed by atoms with E-state index in [2.05, 4.69) is 30.8 Å². The number of rotatable bonds is 6. The predicted octanol–water partition coefficient (Wildman–Crippen LogP) is 2.36. The van der Waals surface area contributed by atoms with Crippen molar-refractivity contribution in [3.8, 4) is 0 Å². The van der Waals surface area contributed by atoms with Crippen molar-refractivity contribution in [2.24, 2.45) is 0 Å². The van der Waals surface area contributed by atoms with Crippen molar-refractivity contribution in [2.75, 3.05) is 6.54 Å². The molecular formula is C16H27N3O. The van der Waals surface area contributed by atoms with E-state index in [1.165, 1.54) is 36.2 Å². The molecule has 112 valence electrons. The van der Waals surface area contributed by atoms with E-state index in [9.17, 15) is 0 Å². The molecule has 2 unspecified atom stereocenters. The summed E-state index contributed by atoms with van der Waals surface area (Å²) in [7, 11) is 0. The molecule has 2 atom stereocenters. The second kappa shape index (κ2) is 5.86. The van der Waals surface area contributed by atoms with Crippen LogP contribution in [-0.4, -0.2) is 34.6 Å². The molecule has 2 heterocycles. The Bertz CT molecular complexity index is 465. The van der Waals surface area contributed by atoms with Crippen molar-refractivity contribution in [3.63, 3.8) is 0 Å². The van der Waals surface area contributed by atoms with E-state index in [0.717, 1.165) is 32.0 Å². The van der Waals surface area contributed by atoms with Gasteiger partial charge in [0.1, 0.15) is 0 Å². The van der Waals surface area contributed by atoms with Crippen LogP contribution in [0.4, 0.5) is 0 Å². The van der Waals surface area contributed by atoms with E-state index >= 15 is 0 Å². The molecule has 3 rings (SSSR count). The summed E-state index contributed by atoms with van der Waals surface area (Å²) in [5.41, 5.74) is 3.93. The summed E-state index contributed by atoms with van der Waals surface area (Å²) in [5.74, 6) is 0. The minimum atomic E-state index is 0.348. The van der Waals surface area contributed by atoms with Crippen LogP contribution < -0.4 is 5.32 Å². The zero-order chi connectivity index (χ0) is 14.1. The molecule has 2 aliphatic rings. The summed E-state index contributed by atoms with van der Waals surface area (Å²) < 4.78 is 8.07. The van der Waals surface area contributed by atoms with E-state index in [0.29, 0.717) is 12.2 Å². The largest absolute Gasteiger partial charge is 0.373 e. The van der Waals surface area contributed by atoms with Crippen molar-refractivity contribution in [2.45, 2.75) is 77.7 Å². The summed E-state index contributed by atoms with van der Waals surface area (Å²) in [4.78, 5) is 0. The van der Waals surface area contributed by atoms with Crippen LogP contribution in [0.1, 0.15) is 49.6 Å². The van der Waals surface area contributed by atoms with Crippen molar-refractivity contribution in [1.29, 1.82) is 0 Å². The Labute approximate surface area is 121 Å². The van der Waals surface area contributed by atoms with Gasteiger partial charge in [0.05, 0.1) is 24.4 Å². The molecule has 0 bridgehead atoms. The number of nitrogens with zero attached hydrogens (tertiary/aromatic N) is 2. The first-order valence-electron chi connectivity index (χ1n) is 8.05. The Morgan fingerprint density at radius 1 is 1.25 bits per heavy atom. The first-order valence-corrected chi connectivity index (χ1v) is 8.05. The third-order valence-electron chi connectivity index (χ3n) is 4.61. The van der Waals surface area contributed by atoms with E-state index in [1.54, 1.807) is 0 Å². The third-order valence-corrected chi connectivity index (χ3v) is 4.61. The van der Waals surface area contributed by atoms with Crippen molar-refractivity contribution < 1.29 is 4.74 Å². The van der Waals surface area contributed by atoms with Gasteiger partial charge in [-0.3, -0.25) is 4.68 Å². The minimum Gasteiger partial charge on any atom is -0.373 e. The van der Waals surface area contributed by atoms with E-state index < -0.39 is 0 Å². The lowest BCUT2D eigenvalue weighted by Gasteiger charge is -2.12. The normalized spacial score (nSPS) is 26.4. The summed E-state index contributed by atoms with van der Waals surface area (Å²) >= 11 is 0. The molecule has 1 saturated heterocycles. The van der Waals surface area contributed by atoms with E-state index in [-0.39, 0.29) is 0 Å². The van der Waals surface area contributed by atoms with Crippen LogP contribution in [0.2, 0.25) is 0 Å². The van der Waals surface area contributed by atoms with Gasteiger partial charge in [-0.05, 0) is 65.0 Å². The monoisotopic (exact) mass is 277 g/mol. The van der Waals surface area contributed by atoms with Gasteiger partial charge in [-0.2, -0.15) is 5.10 Å². The van der Waals surface area contributed by atoms with Crippen molar-refractivity contribution in [1.82, 2.24) is 15.1 Å². The second-order valence-electron chi connectivity index (χ2n) is 6.46. The highest BCUT2D eigenvalue weighted by atomic mass is 16.5. The average Bonchev–Trinajstić information content (AvgIpc) is 3.09. The SMILES string of the molecule is Cc1nn(CC2CCC(C)O2)c(C)c1CCNC1CC1. The number of hydrogen-bond donors (Lipinski definition) is 1. The van der Waals surface area contributed by atoms with Crippen LogP contribution in [0.15, 0.2) is 0 Å². The molecule has 0 aromatic carbocycles. The molecular weight excluding hydrogens is 250 g/mol. The van der Waals surface area contributed by atoms with Gasteiger partial charge in [0.15, 0.2) is 0 Å². The molecule has 1 aliphatic carbocycles. The maximum absolute atomic E-state index is 5.92. The Kier molecular flexibility index (Phi) is 4.13. The number of nitrogens with one attached hydrogen (secondary N) is 1. The minimum absolute atomic E-state index is 0.348. The molecule has 0 radical (unpaired) electrons. The molecule has 1 aliphatic heterocycles. The lowest BCUT2D eigenvalue weighted by Crippen LogP contribution is -2.20. The summed E-state index contributed by atoms with van der Waals surface area (Å²) in [6.45, 7) is 8.48. The molecule has 4 nitrogen and oxygen atoms in total. The second-order valence-corrected chi connectivity index (χ2v) is 6.46. The Morgan fingerprint density at radius 3 is 2.70 bits per heavy atom. The van der Waals surface area contributed by atoms with Crippen molar-refractivity contribution >= 4 is 0 Å². The van der Waals surface area contributed by atoms with Crippen LogP contribution >= 0.6 is 0 Å². The highest BCUT2D eigenvalue weighted by Gasteiger charge is 2.24. The Hall–Kier alpha value is -0.870. The van der Waals surface area contributed by atoms with Gasteiger partial charge in [-0.25, -0.2) is 0 Å². The van der Waals surface area contributed by atoms with Crippen LogP contribution in [0.5, 0.6) is 0 Å². The van der Waals surface area contributed by atoms with Gasteiger partial charge >= 0.3 is 0 Å². The van der Waals surface area contributed by atoms with Crippen LogP contribution in [0, 0.1) is 13.8 Å². The molecule has 4 heteroatoms. The first kappa shape index (κ1) is 14.1. The fourth-order valence-corrected chi connectivity index (χ4v) is 3.17. The van der Waals surface area contributed by atoms with Gasteiger partial charge in [-0.15, -0.1) is 0 Å². The summed E-state index contributed by atoms with van der Waals surface area (Å²) in [6.07, 6.45) is 6.92. The Morgan fingerprint density at radius 2 is 2.05 bits per heavy atom. The van der Waals surface area contributed by atoms with Gasteiger partial charge in [0, 0.05) is 11.7 Å². The number of aromatic nitrogens is 2. The molecule has 0 spiro atoms. The molecule has 0 amide bonds. The number of hydrogen-bond acceptors (Lipinski definition) is 3. The first-order chi connectivity index (χ1) is 9.63. The molecule has 1 aromatic rings. The zero-order valence-electron chi connectivity index (χ0n) is 13.0. The summed E-state index contributed by atoms with van der Waals surface area (Å²) in [6, 6.07) is 0.791. The number of ether oxygens (including phenoxy) is 1.